The molecule has 0 aromatic carbocycles. The van der Waals surface area contributed by atoms with Crippen LogP contribution in [0.4, 0.5) is 9.39 Å². The van der Waals surface area contributed by atoms with Crippen molar-refractivity contribution in [3.05, 3.63) is 53.7 Å². The molecule has 2 rings (SSSR count). The third-order valence-corrected chi connectivity index (χ3v) is 5.60. The summed E-state index contributed by atoms with van der Waals surface area (Å²) in [6.07, 6.45) is 2.77. The second kappa shape index (κ2) is 7.97. The molecule has 136 valence electrons. The molecule has 0 saturated carbocycles. The number of anilines is 1. The predicted octanol–water partition coefficient (Wildman–Crippen LogP) is 4.37. The van der Waals surface area contributed by atoms with Crippen LogP contribution in [0, 0.1) is 5.41 Å². The Morgan fingerprint density at radius 1 is 1.44 bits per heavy atom. The summed E-state index contributed by atoms with van der Waals surface area (Å²) in [6.45, 7) is 13.3. The number of rotatable bonds is 7. The van der Waals surface area contributed by atoms with Gasteiger partial charge in [-0.3, -0.25) is 4.79 Å². The summed E-state index contributed by atoms with van der Waals surface area (Å²) < 4.78 is 18.8. The lowest BCUT2D eigenvalue weighted by atomic mass is 9.73. The number of aliphatic carboxylic acids is 1. The number of hydrogen-bond acceptors (Lipinski definition) is 4. The van der Waals surface area contributed by atoms with Gasteiger partial charge in [-0.25, -0.2) is 4.39 Å². The SMILES string of the molecule is C=C/C(=C\C(=C)F)C(c1ccc(N2CCOCC2)s1)C(C)(C)C(=O)O. The molecule has 1 unspecified atom stereocenters. The van der Waals surface area contributed by atoms with Gasteiger partial charge in [0.1, 0.15) is 5.83 Å². The molecule has 1 aliphatic rings. The highest BCUT2D eigenvalue weighted by molar-refractivity contribution is 7.16. The van der Waals surface area contributed by atoms with Crippen LogP contribution in [0.1, 0.15) is 24.6 Å². The lowest BCUT2D eigenvalue weighted by Gasteiger charge is -2.31. The maximum Gasteiger partial charge on any atom is 0.310 e. The molecular formula is C19H24FNO3S. The molecule has 0 bridgehead atoms. The molecule has 0 spiro atoms. The number of ether oxygens (including phenoxy) is 1. The van der Waals surface area contributed by atoms with Crippen molar-refractivity contribution in [1.82, 2.24) is 0 Å². The van der Waals surface area contributed by atoms with Crippen LogP contribution >= 0.6 is 11.3 Å². The Labute approximate surface area is 151 Å². The van der Waals surface area contributed by atoms with Crippen molar-refractivity contribution in [2.75, 3.05) is 31.2 Å². The molecule has 1 aliphatic heterocycles. The molecule has 25 heavy (non-hydrogen) atoms. The standard InChI is InChI=1S/C19H24FNO3S/c1-5-14(12-13(2)20)17(19(3,4)18(22)23)15-6-7-16(25-15)21-8-10-24-11-9-21/h5-7,12,17H,1-2,8-11H2,3-4H3,(H,22,23)/b14-12+. The van der Waals surface area contributed by atoms with E-state index in [0.29, 0.717) is 18.8 Å². The van der Waals surface area contributed by atoms with Crippen molar-refractivity contribution < 1.29 is 19.0 Å². The van der Waals surface area contributed by atoms with Crippen molar-refractivity contribution in [3.8, 4) is 0 Å². The van der Waals surface area contributed by atoms with E-state index in [-0.39, 0.29) is 0 Å². The van der Waals surface area contributed by atoms with Crippen molar-refractivity contribution in [2.45, 2.75) is 19.8 Å². The molecule has 0 aliphatic carbocycles. The van der Waals surface area contributed by atoms with Gasteiger partial charge in [0.2, 0.25) is 0 Å². The van der Waals surface area contributed by atoms with Crippen LogP contribution in [0.25, 0.3) is 0 Å². The molecule has 1 aromatic heterocycles. The molecule has 1 aromatic rings. The Morgan fingerprint density at radius 2 is 2.08 bits per heavy atom. The van der Waals surface area contributed by atoms with E-state index in [4.69, 9.17) is 4.74 Å². The zero-order chi connectivity index (χ0) is 18.6. The highest BCUT2D eigenvalue weighted by Crippen LogP contribution is 2.46. The highest BCUT2D eigenvalue weighted by Gasteiger charge is 2.40. The van der Waals surface area contributed by atoms with Crippen molar-refractivity contribution in [2.24, 2.45) is 5.41 Å². The second-order valence-corrected chi connectivity index (χ2v) is 7.62. The van der Waals surface area contributed by atoms with Gasteiger partial charge in [-0.15, -0.1) is 11.3 Å². The van der Waals surface area contributed by atoms with Crippen LogP contribution in [-0.4, -0.2) is 37.4 Å². The van der Waals surface area contributed by atoms with Crippen LogP contribution in [0.15, 0.2) is 48.8 Å². The van der Waals surface area contributed by atoms with E-state index in [1.165, 1.54) is 23.5 Å². The van der Waals surface area contributed by atoms with Gasteiger partial charge in [0.05, 0.1) is 23.6 Å². The fourth-order valence-corrected chi connectivity index (χ4v) is 4.33. The number of carbonyl (C=O) groups is 1. The zero-order valence-corrected chi connectivity index (χ0v) is 15.4. The normalized spacial score (nSPS) is 17.2. The summed E-state index contributed by atoms with van der Waals surface area (Å²) in [5.74, 6) is -2.09. The van der Waals surface area contributed by atoms with E-state index >= 15 is 0 Å². The summed E-state index contributed by atoms with van der Waals surface area (Å²) in [7, 11) is 0. The number of morpholine rings is 1. The quantitative estimate of drug-likeness (QED) is 0.729. The Kier molecular flexibility index (Phi) is 6.19. The summed E-state index contributed by atoms with van der Waals surface area (Å²) in [5, 5.41) is 10.8. The molecule has 4 nitrogen and oxygen atoms in total. The third-order valence-electron chi connectivity index (χ3n) is 4.39. The van der Waals surface area contributed by atoms with Crippen LogP contribution in [0.2, 0.25) is 0 Å². The lowest BCUT2D eigenvalue weighted by Crippen LogP contribution is -2.35. The second-order valence-electron chi connectivity index (χ2n) is 6.53. The van der Waals surface area contributed by atoms with Crippen molar-refractivity contribution >= 4 is 22.3 Å². The van der Waals surface area contributed by atoms with Crippen LogP contribution in [0.5, 0.6) is 0 Å². The molecule has 0 radical (unpaired) electrons. The van der Waals surface area contributed by atoms with Crippen molar-refractivity contribution in [1.29, 1.82) is 0 Å². The molecule has 1 atom stereocenters. The average molecular weight is 365 g/mol. The van der Waals surface area contributed by atoms with E-state index in [0.717, 1.165) is 23.0 Å². The number of hydrogen-bond donors (Lipinski definition) is 1. The fraction of sp³-hybridized carbons (Fsp3) is 0.421. The first kappa shape index (κ1) is 19.4. The fourth-order valence-electron chi connectivity index (χ4n) is 2.95. The lowest BCUT2D eigenvalue weighted by molar-refractivity contribution is -0.147. The van der Waals surface area contributed by atoms with E-state index in [1.54, 1.807) is 13.8 Å². The number of nitrogens with zero attached hydrogens (tertiary/aromatic N) is 1. The van der Waals surface area contributed by atoms with Gasteiger partial charge in [-0.1, -0.05) is 19.2 Å². The minimum atomic E-state index is -1.12. The van der Waals surface area contributed by atoms with Gasteiger partial charge >= 0.3 is 5.97 Å². The first-order valence-electron chi connectivity index (χ1n) is 8.11. The van der Waals surface area contributed by atoms with E-state index in [9.17, 15) is 14.3 Å². The number of carboxylic acid groups (broad SMARTS) is 1. The summed E-state index contributed by atoms with van der Waals surface area (Å²) >= 11 is 1.53. The van der Waals surface area contributed by atoms with Gasteiger partial charge < -0.3 is 14.7 Å². The highest BCUT2D eigenvalue weighted by atomic mass is 32.1. The topological polar surface area (TPSA) is 49.8 Å². The van der Waals surface area contributed by atoms with Gasteiger partial charge in [-0.2, -0.15) is 0 Å². The molecule has 1 N–H and O–H groups in total. The van der Waals surface area contributed by atoms with Crippen LogP contribution in [-0.2, 0) is 9.53 Å². The number of halogens is 1. The van der Waals surface area contributed by atoms with Gasteiger partial charge in [0.25, 0.3) is 0 Å². The third kappa shape index (κ3) is 4.38. The number of allylic oxidation sites excluding steroid dienone is 4. The predicted molar refractivity (Wildman–Crippen MR) is 100 cm³/mol. The monoisotopic (exact) mass is 365 g/mol. The summed E-state index contributed by atoms with van der Waals surface area (Å²) in [4.78, 5) is 14.9. The number of thiophene rings is 1. The smallest absolute Gasteiger partial charge is 0.310 e. The van der Waals surface area contributed by atoms with Crippen LogP contribution in [0.3, 0.4) is 0 Å². The molecule has 2 heterocycles. The van der Waals surface area contributed by atoms with Crippen LogP contribution < -0.4 is 4.90 Å². The van der Waals surface area contributed by atoms with E-state index < -0.39 is 23.1 Å². The number of carboxylic acids is 1. The first-order valence-corrected chi connectivity index (χ1v) is 8.93. The maximum absolute atomic E-state index is 13.4. The summed E-state index contributed by atoms with van der Waals surface area (Å²) in [5.41, 5.74) is -0.613. The minimum Gasteiger partial charge on any atom is -0.481 e. The average Bonchev–Trinajstić information content (AvgIpc) is 3.03. The Hall–Kier alpha value is -1.92. The van der Waals surface area contributed by atoms with Crippen molar-refractivity contribution in [3.63, 3.8) is 0 Å². The van der Waals surface area contributed by atoms with Gasteiger partial charge in [-0.05, 0) is 37.6 Å². The van der Waals surface area contributed by atoms with E-state index in [1.807, 2.05) is 12.1 Å². The molecule has 0 amide bonds. The molecular weight excluding hydrogens is 341 g/mol. The Morgan fingerprint density at radius 3 is 2.60 bits per heavy atom. The van der Waals surface area contributed by atoms with E-state index in [2.05, 4.69) is 18.1 Å². The maximum atomic E-state index is 13.4. The Balaban J connectivity index is 2.45. The zero-order valence-electron chi connectivity index (χ0n) is 14.6. The molecule has 1 saturated heterocycles. The molecule has 1 fully saturated rings. The van der Waals surface area contributed by atoms with Gasteiger partial charge in [0.15, 0.2) is 0 Å². The van der Waals surface area contributed by atoms with Gasteiger partial charge in [0, 0.05) is 23.9 Å². The first-order chi connectivity index (χ1) is 11.8. The summed E-state index contributed by atoms with van der Waals surface area (Å²) in [6, 6.07) is 3.91. The molecule has 6 heteroatoms. The Bertz CT molecular complexity index is 687. The minimum absolute atomic E-state index is 0.510. The largest absolute Gasteiger partial charge is 0.481 e.